The highest BCUT2D eigenvalue weighted by Crippen LogP contribution is 2.21. The maximum Gasteiger partial charge on any atom is 0.273 e. The lowest BCUT2D eigenvalue weighted by atomic mass is 10.2. The fraction of sp³-hybridized carbons (Fsp3) is 0.316. The third kappa shape index (κ3) is 4.56. The van der Waals surface area contributed by atoms with Gasteiger partial charge in [-0.2, -0.15) is 5.10 Å². The molecule has 0 bridgehead atoms. The van der Waals surface area contributed by atoms with E-state index < -0.39 is 0 Å². The lowest BCUT2D eigenvalue weighted by molar-refractivity contribution is 0.0940. The van der Waals surface area contributed by atoms with Crippen molar-refractivity contribution in [1.29, 1.82) is 0 Å². The average molecular weight is 468 g/mol. The van der Waals surface area contributed by atoms with E-state index in [9.17, 15) is 4.79 Å². The maximum absolute atomic E-state index is 12.5. The van der Waals surface area contributed by atoms with Gasteiger partial charge in [0.05, 0.1) is 22.3 Å². The number of nitrogens with zero attached hydrogens (tertiary/aromatic N) is 3. The zero-order valence-corrected chi connectivity index (χ0v) is 18.1. The summed E-state index contributed by atoms with van der Waals surface area (Å²) >= 11 is 9.46. The van der Waals surface area contributed by atoms with Gasteiger partial charge in [0.2, 0.25) is 0 Å². The summed E-state index contributed by atoms with van der Waals surface area (Å²) in [6.07, 6.45) is 0. The third-order valence-electron chi connectivity index (χ3n) is 4.28. The zero-order valence-electron chi connectivity index (χ0n) is 15.8. The molecule has 0 saturated heterocycles. The smallest absolute Gasteiger partial charge is 0.273 e. The molecule has 2 aromatic heterocycles. The molecule has 9 heteroatoms. The lowest BCUT2D eigenvalue weighted by Crippen LogP contribution is -2.29. The van der Waals surface area contributed by atoms with Crippen molar-refractivity contribution in [3.8, 4) is 5.75 Å². The number of carbonyl (C=O) groups is 1. The van der Waals surface area contributed by atoms with Gasteiger partial charge in [0.1, 0.15) is 18.1 Å². The molecule has 3 rings (SSSR count). The second-order valence-corrected chi connectivity index (χ2v) is 7.51. The Hall–Kier alpha value is -2.32. The van der Waals surface area contributed by atoms with Crippen LogP contribution in [0.1, 0.15) is 33.2 Å². The van der Waals surface area contributed by atoms with E-state index in [0.29, 0.717) is 35.2 Å². The first-order valence-electron chi connectivity index (χ1n) is 8.68. The van der Waals surface area contributed by atoms with Crippen LogP contribution in [0.2, 0.25) is 5.02 Å². The van der Waals surface area contributed by atoms with Crippen molar-refractivity contribution in [3.05, 3.63) is 62.2 Å². The van der Waals surface area contributed by atoms with E-state index >= 15 is 0 Å². The predicted molar refractivity (Wildman–Crippen MR) is 109 cm³/mol. The number of aryl methyl sites for hydroxylation is 2. The van der Waals surface area contributed by atoms with Crippen LogP contribution in [-0.4, -0.2) is 27.4 Å². The number of carbonyl (C=O) groups excluding carboxylic acids is 1. The van der Waals surface area contributed by atoms with Crippen molar-refractivity contribution in [2.75, 3.05) is 6.54 Å². The van der Waals surface area contributed by atoms with Crippen molar-refractivity contribution >= 4 is 33.4 Å². The summed E-state index contributed by atoms with van der Waals surface area (Å²) in [4.78, 5) is 12.5. The topological polar surface area (TPSA) is 82.2 Å². The highest BCUT2D eigenvalue weighted by Gasteiger charge is 2.20. The molecule has 1 aromatic carbocycles. The van der Waals surface area contributed by atoms with Gasteiger partial charge in [0, 0.05) is 17.3 Å². The number of hydrogen-bond acceptors (Lipinski definition) is 5. The van der Waals surface area contributed by atoms with Crippen LogP contribution in [0.15, 0.2) is 33.3 Å². The number of halogens is 2. The molecule has 7 nitrogen and oxygen atoms in total. The minimum atomic E-state index is -0.317. The maximum atomic E-state index is 12.5. The minimum Gasteiger partial charge on any atom is -0.489 e. The molecule has 0 aliphatic carbocycles. The number of rotatable bonds is 7. The van der Waals surface area contributed by atoms with Gasteiger partial charge in [-0.15, -0.1) is 0 Å². The summed E-state index contributed by atoms with van der Waals surface area (Å²) in [6, 6.07) is 7.06. The van der Waals surface area contributed by atoms with Crippen molar-refractivity contribution in [2.45, 2.75) is 33.9 Å². The molecule has 0 saturated carbocycles. The fourth-order valence-corrected chi connectivity index (χ4v) is 3.17. The van der Waals surface area contributed by atoms with Gasteiger partial charge in [-0.1, -0.05) is 22.8 Å². The fourth-order valence-electron chi connectivity index (χ4n) is 2.70. The van der Waals surface area contributed by atoms with E-state index in [1.54, 1.807) is 31.2 Å². The second-order valence-electron chi connectivity index (χ2n) is 6.28. The van der Waals surface area contributed by atoms with Crippen molar-refractivity contribution in [2.24, 2.45) is 0 Å². The molecule has 0 unspecified atom stereocenters. The van der Waals surface area contributed by atoms with Crippen molar-refractivity contribution < 1.29 is 14.1 Å². The molecule has 28 heavy (non-hydrogen) atoms. The molecular weight excluding hydrogens is 448 g/mol. The summed E-state index contributed by atoms with van der Waals surface area (Å²) in [7, 11) is 0. The van der Waals surface area contributed by atoms with Gasteiger partial charge in [-0.3, -0.25) is 9.48 Å². The summed E-state index contributed by atoms with van der Waals surface area (Å²) in [5, 5.41) is 11.7. The first-order chi connectivity index (χ1) is 13.4. The lowest BCUT2D eigenvalue weighted by Gasteiger charge is -2.08. The summed E-state index contributed by atoms with van der Waals surface area (Å²) < 4.78 is 13.7. The van der Waals surface area contributed by atoms with Crippen LogP contribution in [0, 0.1) is 20.8 Å². The van der Waals surface area contributed by atoms with E-state index in [0.717, 1.165) is 15.9 Å². The first-order valence-corrected chi connectivity index (χ1v) is 9.85. The highest BCUT2D eigenvalue weighted by molar-refractivity contribution is 9.10. The monoisotopic (exact) mass is 466 g/mol. The van der Waals surface area contributed by atoms with Crippen LogP contribution in [0.5, 0.6) is 5.75 Å². The summed E-state index contributed by atoms with van der Waals surface area (Å²) in [5.41, 5.74) is 2.75. The molecule has 0 spiro atoms. The van der Waals surface area contributed by atoms with E-state index in [1.807, 2.05) is 18.5 Å². The molecular formula is C19H20BrClN4O3. The zero-order chi connectivity index (χ0) is 20.3. The minimum absolute atomic E-state index is 0.156. The van der Waals surface area contributed by atoms with Crippen molar-refractivity contribution in [3.63, 3.8) is 0 Å². The van der Waals surface area contributed by atoms with Crippen LogP contribution < -0.4 is 10.1 Å². The van der Waals surface area contributed by atoms with Gasteiger partial charge in [-0.25, -0.2) is 0 Å². The quantitative estimate of drug-likeness (QED) is 0.562. The normalized spacial score (nSPS) is 10.9. The Bertz CT molecular complexity index is 999. The Labute approximate surface area is 176 Å². The highest BCUT2D eigenvalue weighted by atomic mass is 79.9. The Morgan fingerprint density at radius 3 is 2.82 bits per heavy atom. The number of amides is 1. The van der Waals surface area contributed by atoms with Crippen LogP contribution in [-0.2, 0) is 13.2 Å². The SMILES string of the molecule is Cc1nn(CCNC(=O)c2noc(C)c2COc2cccc(Cl)c2)c(C)c1Br. The van der Waals surface area contributed by atoms with Gasteiger partial charge < -0.3 is 14.6 Å². The van der Waals surface area contributed by atoms with E-state index in [4.69, 9.17) is 20.9 Å². The Morgan fingerprint density at radius 2 is 2.14 bits per heavy atom. The molecule has 148 valence electrons. The number of aromatic nitrogens is 3. The molecule has 0 atom stereocenters. The van der Waals surface area contributed by atoms with E-state index in [-0.39, 0.29) is 18.2 Å². The number of hydrogen-bond donors (Lipinski definition) is 1. The van der Waals surface area contributed by atoms with E-state index in [1.165, 1.54) is 0 Å². The van der Waals surface area contributed by atoms with Gasteiger partial charge in [0.25, 0.3) is 5.91 Å². The number of benzene rings is 1. The van der Waals surface area contributed by atoms with Crippen molar-refractivity contribution in [1.82, 2.24) is 20.3 Å². The van der Waals surface area contributed by atoms with Crippen LogP contribution in [0.3, 0.4) is 0 Å². The molecule has 0 aliphatic rings. The van der Waals surface area contributed by atoms with Crippen LogP contribution in [0.25, 0.3) is 0 Å². The Kier molecular flexibility index (Phi) is 6.41. The molecule has 0 fully saturated rings. The standard InChI is InChI=1S/C19H20BrClN4O3/c1-11-17(20)12(2)25(23-11)8-7-22-19(26)18-16(13(3)28-24-18)10-27-15-6-4-5-14(21)9-15/h4-6,9H,7-8,10H2,1-3H3,(H,22,26). The molecule has 0 radical (unpaired) electrons. The van der Waals surface area contributed by atoms with Crippen LogP contribution >= 0.6 is 27.5 Å². The predicted octanol–water partition coefficient (Wildman–Crippen LogP) is 4.22. The van der Waals surface area contributed by atoms with Gasteiger partial charge in [-0.05, 0) is 54.9 Å². The van der Waals surface area contributed by atoms with Gasteiger partial charge >= 0.3 is 0 Å². The largest absolute Gasteiger partial charge is 0.489 e. The summed E-state index contributed by atoms with van der Waals surface area (Å²) in [6.45, 7) is 6.76. The first kappa shape index (κ1) is 20.4. The Balaban J connectivity index is 1.61. The average Bonchev–Trinajstić information content (AvgIpc) is 3.15. The molecule has 1 amide bonds. The third-order valence-corrected chi connectivity index (χ3v) is 5.66. The molecule has 0 aliphatic heterocycles. The second kappa shape index (κ2) is 8.79. The van der Waals surface area contributed by atoms with E-state index in [2.05, 4.69) is 31.5 Å². The molecule has 1 N–H and O–H groups in total. The summed E-state index contributed by atoms with van der Waals surface area (Å²) in [5.74, 6) is 0.825. The number of nitrogens with one attached hydrogen (secondary N) is 1. The Morgan fingerprint density at radius 1 is 1.36 bits per heavy atom. The van der Waals surface area contributed by atoms with Crippen LogP contribution in [0.4, 0.5) is 0 Å². The molecule has 2 heterocycles. The van der Waals surface area contributed by atoms with Gasteiger partial charge in [0.15, 0.2) is 5.69 Å². The number of ether oxygens (including phenoxy) is 1. The molecule has 3 aromatic rings.